The number of carboxylic acid groups (broad SMARTS) is 1. The highest BCUT2D eigenvalue weighted by molar-refractivity contribution is 5.91. The fourth-order valence-corrected chi connectivity index (χ4v) is 2.98. The number of hydrogen-bond acceptors (Lipinski definition) is 4. The summed E-state index contributed by atoms with van der Waals surface area (Å²) in [5.74, 6) is -0.124. The zero-order valence-corrected chi connectivity index (χ0v) is 12.2. The summed E-state index contributed by atoms with van der Waals surface area (Å²) in [6, 6.07) is 5.67. The number of fused-ring (bicyclic) bond motifs is 2. The summed E-state index contributed by atoms with van der Waals surface area (Å²) in [5.41, 5.74) is 3.70. The van der Waals surface area contributed by atoms with Crippen LogP contribution in [0.1, 0.15) is 16.8 Å². The molecule has 0 bridgehead atoms. The molecule has 1 aliphatic heterocycles. The maximum atomic E-state index is 11.3. The minimum absolute atomic E-state index is 0.0162. The van der Waals surface area contributed by atoms with Gasteiger partial charge in [0.1, 0.15) is 11.3 Å². The second kappa shape index (κ2) is 5.33. The van der Waals surface area contributed by atoms with Crippen LogP contribution in [0.3, 0.4) is 0 Å². The van der Waals surface area contributed by atoms with Gasteiger partial charge in [-0.2, -0.15) is 0 Å². The molecular weight excluding hydrogens is 268 g/mol. The lowest BCUT2D eigenvalue weighted by Gasteiger charge is -2.27. The van der Waals surface area contributed by atoms with Crippen LogP contribution in [0.5, 0.6) is 5.75 Å². The number of aliphatic carboxylic acids is 1. The van der Waals surface area contributed by atoms with E-state index >= 15 is 0 Å². The number of carboxylic acids is 1. The highest BCUT2D eigenvalue weighted by Gasteiger charge is 2.22. The Balaban J connectivity index is 2.30. The van der Waals surface area contributed by atoms with Gasteiger partial charge in [0.25, 0.3) is 0 Å². The molecule has 1 aliphatic rings. The number of carbonyl (C=O) groups is 1. The van der Waals surface area contributed by atoms with E-state index in [1.807, 2.05) is 25.2 Å². The first-order chi connectivity index (χ1) is 10.1. The Kier molecular flexibility index (Phi) is 3.51. The number of aromatic nitrogens is 1. The van der Waals surface area contributed by atoms with Crippen LogP contribution in [0.2, 0.25) is 0 Å². The van der Waals surface area contributed by atoms with Crippen LogP contribution in [0.4, 0.5) is 0 Å². The summed E-state index contributed by atoms with van der Waals surface area (Å²) in [7, 11) is 3.66. The molecule has 0 amide bonds. The molecule has 5 nitrogen and oxygen atoms in total. The normalized spacial score (nSPS) is 15.0. The van der Waals surface area contributed by atoms with Gasteiger partial charge >= 0.3 is 5.97 Å². The molecule has 1 N–H and O–H groups in total. The minimum Gasteiger partial charge on any atom is -0.494 e. The smallest absolute Gasteiger partial charge is 0.307 e. The largest absolute Gasteiger partial charge is 0.494 e. The van der Waals surface area contributed by atoms with E-state index in [0.717, 1.165) is 47.2 Å². The van der Waals surface area contributed by atoms with Gasteiger partial charge in [-0.1, -0.05) is 12.1 Å². The number of pyridine rings is 1. The monoisotopic (exact) mass is 286 g/mol. The van der Waals surface area contributed by atoms with Crippen LogP contribution in [-0.2, 0) is 24.2 Å². The van der Waals surface area contributed by atoms with E-state index in [1.54, 1.807) is 7.11 Å². The molecule has 0 radical (unpaired) electrons. The topological polar surface area (TPSA) is 62.7 Å². The maximum absolute atomic E-state index is 11.3. The zero-order valence-electron chi connectivity index (χ0n) is 12.2. The average molecular weight is 286 g/mol. The molecule has 2 aromatic rings. The van der Waals surface area contributed by atoms with Gasteiger partial charge in [-0.3, -0.25) is 4.79 Å². The molecule has 110 valence electrons. The van der Waals surface area contributed by atoms with Gasteiger partial charge in [0.15, 0.2) is 0 Å². The molecule has 0 fully saturated rings. The summed E-state index contributed by atoms with van der Waals surface area (Å²) in [4.78, 5) is 18.2. The first kappa shape index (κ1) is 13.8. The predicted octanol–water partition coefficient (Wildman–Crippen LogP) is 1.86. The quantitative estimate of drug-likeness (QED) is 0.933. The fraction of sp³-hybridized carbons (Fsp3) is 0.375. The molecule has 1 aromatic heterocycles. The average Bonchev–Trinajstić information content (AvgIpc) is 2.46. The van der Waals surface area contributed by atoms with Crippen molar-refractivity contribution in [1.29, 1.82) is 0 Å². The van der Waals surface area contributed by atoms with Crippen molar-refractivity contribution in [1.82, 2.24) is 9.88 Å². The van der Waals surface area contributed by atoms with E-state index in [2.05, 4.69) is 4.90 Å². The van der Waals surface area contributed by atoms with Gasteiger partial charge in [0.05, 0.1) is 13.5 Å². The molecule has 5 heteroatoms. The van der Waals surface area contributed by atoms with Crippen LogP contribution in [0.25, 0.3) is 10.9 Å². The zero-order chi connectivity index (χ0) is 15.0. The van der Waals surface area contributed by atoms with Gasteiger partial charge in [-0.25, -0.2) is 4.98 Å². The highest BCUT2D eigenvalue weighted by atomic mass is 16.5. The summed E-state index contributed by atoms with van der Waals surface area (Å²) in [5, 5.41) is 10.1. The summed E-state index contributed by atoms with van der Waals surface area (Å²) < 4.78 is 5.38. The molecular formula is C16H18N2O3. The van der Waals surface area contributed by atoms with Gasteiger partial charge in [-0.05, 0) is 24.2 Å². The number of methoxy groups -OCH3 is 1. The number of para-hydroxylation sites is 1. The van der Waals surface area contributed by atoms with Crippen molar-refractivity contribution in [3.8, 4) is 5.75 Å². The number of benzene rings is 1. The Morgan fingerprint density at radius 2 is 2.29 bits per heavy atom. The van der Waals surface area contributed by atoms with Gasteiger partial charge in [-0.15, -0.1) is 0 Å². The first-order valence-corrected chi connectivity index (χ1v) is 6.98. The molecule has 0 atom stereocenters. The maximum Gasteiger partial charge on any atom is 0.307 e. The fourth-order valence-electron chi connectivity index (χ4n) is 2.98. The molecule has 0 unspecified atom stereocenters. The molecule has 0 saturated heterocycles. The van der Waals surface area contributed by atoms with E-state index in [4.69, 9.17) is 9.72 Å². The predicted molar refractivity (Wildman–Crippen MR) is 79.7 cm³/mol. The molecule has 0 saturated carbocycles. The standard InChI is InChI=1S/C16H18N2O3/c1-18-7-6-13-12(9-18)11(8-15(19)20)10-4-3-5-14(21-2)16(10)17-13/h3-5H,6-9H2,1-2H3,(H,19,20). The number of hydrogen-bond donors (Lipinski definition) is 1. The van der Waals surface area contributed by atoms with Crippen molar-refractivity contribution in [2.24, 2.45) is 0 Å². The van der Waals surface area contributed by atoms with Crippen LogP contribution < -0.4 is 4.74 Å². The Hall–Kier alpha value is -2.14. The molecule has 0 aliphatic carbocycles. The van der Waals surface area contributed by atoms with Gasteiger partial charge < -0.3 is 14.7 Å². The van der Waals surface area contributed by atoms with Crippen LogP contribution in [0, 0.1) is 0 Å². The van der Waals surface area contributed by atoms with E-state index < -0.39 is 5.97 Å². The van der Waals surface area contributed by atoms with Crippen molar-refractivity contribution in [2.45, 2.75) is 19.4 Å². The summed E-state index contributed by atoms with van der Waals surface area (Å²) in [6.07, 6.45) is 0.856. The summed E-state index contributed by atoms with van der Waals surface area (Å²) >= 11 is 0. The number of rotatable bonds is 3. The molecule has 2 heterocycles. The lowest BCUT2D eigenvalue weighted by molar-refractivity contribution is -0.136. The number of likely N-dealkylation sites (N-methyl/N-ethyl adjacent to an activating group) is 1. The van der Waals surface area contributed by atoms with E-state index in [0.29, 0.717) is 5.75 Å². The third-order valence-corrected chi connectivity index (χ3v) is 3.99. The van der Waals surface area contributed by atoms with Crippen LogP contribution in [0.15, 0.2) is 18.2 Å². The van der Waals surface area contributed by atoms with E-state index in [9.17, 15) is 9.90 Å². The van der Waals surface area contributed by atoms with Crippen molar-refractivity contribution >= 4 is 16.9 Å². The Morgan fingerprint density at radius 3 is 3.00 bits per heavy atom. The number of ether oxygens (including phenoxy) is 1. The molecule has 3 rings (SSSR count). The van der Waals surface area contributed by atoms with E-state index in [1.165, 1.54) is 0 Å². The minimum atomic E-state index is -0.819. The SMILES string of the molecule is COc1cccc2c(CC(=O)O)c3c(nc12)CCN(C)C3. The first-order valence-electron chi connectivity index (χ1n) is 6.98. The highest BCUT2D eigenvalue weighted by Crippen LogP contribution is 2.32. The Bertz CT molecular complexity index is 712. The second-order valence-electron chi connectivity index (χ2n) is 5.43. The van der Waals surface area contributed by atoms with Crippen LogP contribution in [-0.4, -0.2) is 41.7 Å². The Morgan fingerprint density at radius 1 is 1.48 bits per heavy atom. The van der Waals surface area contributed by atoms with Crippen molar-refractivity contribution < 1.29 is 14.6 Å². The van der Waals surface area contributed by atoms with Crippen molar-refractivity contribution in [3.63, 3.8) is 0 Å². The lowest BCUT2D eigenvalue weighted by atomic mass is 9.94. The van der Waals surface area contributed by atoms with E-state index in [-0.39, 0.29) is 6.42 Å². The van der Waals surface area contributed by atoms with Gasteiger partial charge in [0, 0.05) is 30.6 Å². The molecule has 1 aromatic carbocycles. The molecule has 21 heavy (non-hydrogen) atoms. The molecule has 0 spiro atoms. The number of nitrogens with zero attached hydrogens (tertiary/aromatic N) is 2. The van der Waals surface area contributed by atoms with Crippen molar-refractivity contribution in [2.75, 3.05) is 20.7 Å². The van der Waals surface area contributed by atoms with Crippen molar-refractivity contribution in [3.05, 3.63) is 35.0 Å². The third kappa shape index (κ3) is 2.45. The van der Waals surface area contributed by atoms with Crippen LogP contribution >= 0.6 is 0 Å². The summed E-state index contributed by atoms with van der Waals surface area (Å²) in [6.45, 7) is 1.69. The second-order valence-corrected chi connectivity index (χ2v) is 5.43. The Labute approximate surface area is 123 Å². The third-order valence-electron chi connectivity index (χ3n) is 3.99. The van der Waals surface area contributed by atoms with Gasteiger partial charge in [0.2, 0.25) is 0 Å². The lowest BCUT2D eigenvalue weighted by Crippen LogP contribution is -2.29.